The first-order valence-corrected chi connectivity index (χ1v) is 10.3. The van der Waals surface area contributed by atoms with Crippen LogP contribution in [-0.2, 0) is 20.8 Å². The number of aryl methyl sites for hydroxylation is 1. The monoisotopic (exact) mass is 418 g/mol. The third-order valence-electron chi connectivity index (χ3n) is 5.20. The summed E-state index contributed by atoms with van der Waals surface area (Å²) >= 11 is 0. The van der Waals surface area contributed by atoms with Crippen molar-refractivity contribution in [3.8, 4) is 0 Å². The van der Waals surface area contributed by atoms with Gasteiger partial charge >= 0.3 is 0 Å². The van der Waals surface area contributed by atoms with Gasteiger partial charge in [-0.15, -0.1) is 0 Å². The number of carbonyl (C=O) groups excluding carboxylic acids is 4. The smallest absolute Gasteiger partial charge is 0.269 e. The molecule has 0 radical (unpaired) electrons. The zero-order valence-corrected chi connectivity index (χ0v) is 17.5. The number of rotatable bonds is 9. The second kappa shape index (κ2) is 11.3. The molecule has 1 aromatic rings. The van der Waals surface area contributed by atoms with Gasteiger partial charge in [-0.3, -0.25) is 35.2 Å². The van der Waals surface area contributed by atoms with Crippen molar-refractivity contribution in [2.24, 2.45) is 5.92 Å². The summed E-state index contributed by atoms with van der Waals surface area (Å²) in [5.74, 6) is -1.63. The minimum atomic E-state index is -0.639. The fraction of sp³-hybridized carbons (Fsp3) is 0.524. The summed E-state index contributed by atoms with van der Waals surface area (Å²) in [6, 6.07) is 5.09. The summed E-state index contributed by atoms with van der Waals surface area (Å²) in [5.41, 5.74) is 6.88. The Kier molecular flexibility index (Phi) is 8.79. The Morgan fingerprint density at radius 3 is 2.70 bits per heavy atom. The summed E-state index contributed by atoms with van der Waals surface area (Å²) in [6.45, 7) is 4.06. The zero-order valence-electron chi connectivity index (χ0n) is 17.5. The van der Waals surface area contributed by atoms with Crippen LogP contribution in [0.3, 0.4) is 0 Å². The lowest BCUT2D eigenvalue weighted by Gasteiger charge is -2.28. The van der Waals surface area contributed by atoms with Gasteiger partial charge in [0, 0.05) is 24.7 Å². The number of fused-ring (bicyclic) bond motifs is 1. The third-order valence-corrected chi connectivity index (χ3v) is 5.20. The summed E-state index contributed by atoms with van der Waals surface area (Å²) in [7, 11) is 0. The number of carbonyl (C=O) groups is 4. The highest BCUT2D eigenvalue weighted by atomic mass is 16.5. The van der Waals surface area contributed by atoms with Gasteiger partial charge < -0.3 is 4.90 Å². The highest BCUT2D eigenvalue weighted by Gasteiger charge is 2.23. The highest BCUT2D eigenvalue weighted by Crippen LogP contribution is 2.28. The molecule has 0 aliphatic carbocycles. The fourth-order valence-corrected chi connectivity index (χ4v) is 3.57. The van der Waals surface area contributed by atoms with E-state index in [1.54, 1.807) is 23.1 Å². The molecular formula is C21H30N4O5. The van der Waals surface area contributed by atoms with Crippen LogP contribution in [0.1, 0.15) is 61.9 Å². The van der Waals surface area contributed by atoms with Gasteiger partial charge in [-0.1, -0.05) is 26.2 Å². The van der Waals surface area contributed by atoms with Crippen LogP contribution in [0.25, 0.3) is 0 Å². The van der Waals surface area contributed by atoms with E-state index in [4.69, 9.17) is 0 Å². The Labute approximate surface area is 176 Å². The van der Waals surface area contributed by atoms with E-state index < -0.39 is 17.7 Å². The van der Waals surface area contributed by atoms with Gasteiger partial charge in [0.25, 0.3) is 5.91 Å². The van der Waals surface area contributed by atoms with E-state index in [9.17, 15) is 24.4 Å². The normalized spacial score (nSPS) is 13.8. The van der Waals surface area contributed by atoms with E-state index in [1.165, 1.54) is 6.92 Å². The third kappa shape index (κ3) is 6.28. The van der Waals surface area contributed by atoms with Gasteiger partial charge in [0.05, 0.1) is 12.5 Å². The van der Waals surface area contributed by atoms with Crippen LogP contribution in [0.2, 0.25) is 0 Å². The molecule has 1 heterocycles. The molecule has 164 valence electrons. The zero-order chi connectivity index (χ0) is 22.1. The number of nitrogens with zero attached hydrogens (tertiary/aromatic N) is 2. The van der Waals surface area contributed by atoms with E-state index in [0.29, 0.717) is 23.6 Å². The van der Waals surface area contributed by atoms with Crippen molar-refractivity contribution in [2.75, 3.05) is 18.0 Å². The highest BCUT2D eigenvalue weighted by molar-refractivity contribution is 5.98. The second-order valence-corrected chi connectivity index (χ2v) is 7.48. The van der Waals surface area contributed by atoms with Crippen molar-refractivity contribution in [1.82, 2.24) is 15.9 Å². The lowest BCUT2D eigenvalue weighted by Crippen LogP contribution is -2.46. The van der Waals surface area contributed by atoms with Crippen LogP contribution in [0.5, 0.6) is 0 Å². The molecule has 4 amide bonds. The summed E-state index contributed by atoms with van der Waals surface area (Å²) in [6.07, 6.45) is 4.99. The van der Waals surface area contributed by atoms with E-state index in [1.807, 2.05) is 6.92 Å². The maximum Gasteiger partial charge on any atom is 0.269 e. The van der Waals surface area contributed by atoms with Gasteiger partial charge in [0.15, 0.2) is 0 Å². The molecule has 0 unspecified atom stereocenters. The average Bonchev–Trinajstić information content (AvgIpc) is 2.75. The van der Waals surface area contributed by atoms with E-state index in [2.05, 4.69) is 10.9 Å². The number of nitrogens with one attached hydrogen (secondary N) is 2. The molecule has 0 spiro atoms. The summed E-state index contributed by atoms with van der Waals surface area (Å²) in [5, 5.41) is 9.86. The van der Waals surface area contributed by atoms with Crippen LogP contribution >= 0.6 is 0 Å². The van der Waals surface area contributed by atoms with E-state index in [0.717, 1.165) is 43.4 Å². The van der Waals surface area contributed by atoms with E-state index >= 15 is 0 Å². The maximum absolute atomic E-state index is 12.5. The number of hydrogen-bond acceptors (Lipinski definition) is 5. The van der Waals surface area contributed by atoms with Gasteiger partial charge in [-0.2, -0.15) is 0 Å². The number of benzene rings is 1. The lowest BCUT2D eigenvalue weighted by molar-refractivity contribution is -0.154. The molecule has 0 saturated heterocycles. The minimum Gasteiger partial charge on any atom is -0.312 e. The maximum atomic E-state index is 12.5. The van der Waals surface area contributed by atoms with Crippen molar-refractivity contribution in [1.29, 1.82) is 0 Å². The van der Waals surface area contributed by atoms with Crippen molar-refractivity contribution in [3.63, 3.8) is 0 Å². The molecule has 0 fully saturated rings. The number of amides is 4. The molecule has 1 aromatic carbocycles. The fourth-order valence-electron chi connectivity index (χ4n) is 3.57. The van der Waals surface area contributed by atoms with Crippen molar-refractivity contribution < 1.29 is 24.4 Å². The lowest BCUT2D eigenvalue weighted by atomic mass is 9.99. The average molecular weight is 418 g/mol. The number of hydrazine groups is 1. The quantitative estimate of drug-likeness (QED) is 0.244. The molecule has 0 bridgehead atoms. The Hall–Kier alpha value is -2.94. The SMILES string of the molecule is CCCCC[C@H](CN(O)C=O)C(=O)NNC(=O)c1ccc2c(c1)CCCN2C(C)=O. The molecule has 3 N–H and O–H groups in total. The largest absolute Gasteiger partial charge is 0.312 e. The van der Waals surface area contributed by atoms with Crippen LogP contribution in [0.4, 0.5) is 5.69 Å². The molecule has 9 heteroatoms. The minimum absolute atomic E-state index is 0.0391. The van der Waals surface area contributed by atoms with Gasteiger partial charge in [0.1, 0.15) is 0 Å². The Balaban J connectivity index is 2.00. The molecular weight excluding hydrogens is 388 g/mol. The van der Waals surface area contributed by atoms with Crippen LogP contribution in [0, 0.1) is 5.92 Å². The van der Waals surface area contributed by atoms with Gasteiger partial charge in [-0.05, 0) is 43.0 Å². The predicted octanol–water partition coefficient (Wildman–Crippen LogP) is 1.79. The van der Waals surface area contributed by atoms with Gasteiger partial charge in [0.2, 0.25) is 18.2 Å². The first kappa shape index (κ1) is 23.3. The summed E-state index contributed by atoms with van der Waals surface area (Å²) < 4.78 is 0. The molecule has 1 aliphatic rings. The molecule has 1 aliphatic heterocycles. The Bertz CT molecular complexity index is 783. The van der Waals surface area contributed by atoms with Crippen LogP contribution in [0.15, 0.2) is 18.2 Å². The topological polar surface area (TPSA) is 119 Å². The number of unbranched alkanes of at least 4 members (excludes halogenated alkanes) is 2. The van der Waals surface area contributed by atoms with Crippen LogP contribution in [-0.4, -0.2) is 47.5 Å². The standard InChI is InChI=1S/C21H30N4O5/c1-3-4-5-7-18(13-24(30)14-26)21(29)23-22-20(28)17-9-10-19-16(12-17)8-6-11-25(19)15(2)27/h9-10,12,14,18,30H,3-8,11,13H2,1-2H3,(H,22,28)(H,23,29)/t18-/m1/s1. The second-order valence-electron chi connectivity index (χ2n) is 7.48. The Morgan fingerprint density at radius 1 is 1.27 bits per heavy atom. The van der Waals surface area contributed by atoms with Gasteiger partial charge in [-0.25, -0.2) is 5.06 Å². The summed E-state index contributed by atoms with van der Waals surface area (Å²) in [4.78, 5) is 49.1. The molecule has 9 nitrogen and oxygen atoms in total. The van der Waals surface area contributed by atoms with Crippen molar-refractivity contribution in [2.45, 2.75) is 52.4 Å². The molecule has 0 saturated carbocycles. The molecule has 2 rings (SSSR count). The predicted molar refractivity (Wildman–Crippen MR) is 111 cm³/mol. The first-order chi connectivity index (χ1) is 14.4. The van der Waals surface area contributed by atoms with Crippen molar-refractivity contribution >= 4 is 29.8 Å². The van der Waals surface area contributed by atoms with E-state index in [-0.39, 0.29) is 18.9 Å². The number of anilines is 1. The first-order valence-electron chi connectivity index (χ1n) is 10.3. The van der Waals surface area contributed by atoms with Crippen molar-refractivity contribution in [3.05, 3.63) is 29.3 Å². The molecule has 30 heavy (non-hydrogen) atoms. The Morgan fingerprint density at radius 2 is 2.03 bits per heavy atom. The number of hydroxylamine groups is 2. The molecule has 1 atom stereocenters. The van der Waals surface area contributed by atoms with Crippen LogP contribution < -0.4 is 15.8 Å². The molecule has 0 aromatic heterocycles. The number of hydrogen-bond donors (Lipinski definition) is 3.